The third-order valence-electron chi connectivity index (χ3n) is 3.46. The minimum Gasteiger partial charge on any atom is -0.398 e. The number of nitrogens with zero attached hydrogens (tertiary/aromatic N) is 2. The molecule has 0 heterocycles. The van der Waals surface area contributed by atoms with Crippen molar-refractivity contribution >= 4 is 11.4 Å². The van der Waals surface area contributed by atoms with Crippen molar-refractivity contribution in [2.75, 3.05) is 12.8 Å². The monoisotopic (exact) mass is 235 g/mol. The predicted octanol–water partition coefficient (Wildman–Crippen LogP) is 2.16. The van der Waals surface area contributed by atoms with Crippen LogP contribution in [0, 0.1) is 10.1 Å². The van der Waals surface area contributed by atoms with Crippen LogP contribution in [0.2, 0.25) is 0 Å². The van der Waals surface area contributed by atoms with E-state index in [9.17, 15) is 10.1 Å². The van der Waals surface area contributed by atoms with E-state index in [1.807, 2.05) is 7.05 Å². The average Bonchev–Trinajstić information content (AvgIpc) is 2.18. The van der Waals surface area contributed by atoms with Crippen LogP contribution in [0.4, 0.5) is 11.4 Å². The second kappa shape index (κ2) is 4.71. The van der Waals surface area contributed by atoms with Crippen LogP contribution in [0.5, 0.6) is 0 Å². The molecule has 2 rings (SSSR count). The lowest BCUT2D eigenvalue weighted by molar-refractivity contribution is -0.384. The van der Waals surface area contributed by atoms with Gasteiger partial charge in [0, 0.05) is 30.4 Å². The first kappa shape index (κ1) is 11.9. The maximum absolute atomic E-state index is 10.7. The number of hydrogen-bond acceptors (Lipinski definition) is 4. The first-order valence-electron chi connectivity index (χ1n) is 5.81. The molecule has 1 aliphatic rings. The van der Waals surface area contributed by atoms with Crippen LogP contribution in [-0.2, 0) is 6.54 Å². The molecular weight excluding hydrogens is 218 g/mol. The molecule has 0 aliphatic heterocycles. The number of hydrogen-bond donors (Lipinski definition) is 1. The zero-order valence-corrected chi connectivity index (χ0v) is 9.93. The quantitative estimate of drug-likeness (QED) is 0.493. The van der Waals surface area contributed by atoms with Crippen molar-refractivity contribution in [2.45, 2.75) is 31.8 Å². The van der Waals surface area contributed by atoms with Gasteiger partial charge in [-0.15, -0.1) is 0 Å². The number of rotatable bonds is 4. The number of anilines is 1. The van der Waals surface area contributed by atoms with E-state index in [4.69, 9.17) is 5.73 Å². The van der Waals surface area contributed by atoms with Gasteiger partial charge in [0.05, 0.1) is 4.92 Å². The number of nitrogen functional groups attached to an aromatic ring is 1. The smallest absolute Gasteiger partial charge is 0.269 e. The van der Waals surface area contributed by atoms with Gasteiger partial charge in [0.15, 0.2) is 0 Å². The Morgan fingerprint density at radius 2 is 2.24 bits per heavy atom. The molecule has 1 aliphatic carbocycles. The highest BCUT2D eigenvalue weighted by Gasteiger charge is 2.22. The number of nitrogens with two attached hydrogens (primary N) is 1. The third-order valence-corrected chi connectivity index (χ3v) is 3.46. The lowest BCUT2D eigenvalue weighted by Crippen LogP contribution is -2.36. The molecule has 1 aromatic rings. The molecule has 0 aromatic heterocycles. The minimum atomic E-state index is -0.383. The Hall–Kier alpha value is -1.62. The molecule has 0 atom stereocenters. The summed E-state index contributed by atoms with van der Waals surface area (Å²) >= 11 is 0. The van der Waals surface area contributed by atoms with E-state index in [0.29, 0.717) is 18.3 Å². The third kappa shape index (κ3) is 2.55. The highest BCUT2D eigenvalue weighted by Crippen LogP contribution is 2.27. The summed E-state index contributed by atoms with van der Waals surface area (Å²) in [4.78, 5) is 12.5. The molecule has 0 saturated heterocycles. The highest BCUT2D eigenvalue weighted by atomic mass is 16.6. The van der Waals surface area contributed by atoms with Crippen molar-refractivity contribution in [2.24, 2.45) is 0 Å². The first-order valence-corrected chi connectivity index (χ1v) is 5.81. The Morgan fingerprint density at radius 3 is 2.76 bits per heavy atom. The maximum Gasteiger partial charge on any atom is 0.269 e. The molecule has 5 heteroatoms. The first-order chi connectivity index (χ1) is 8.08. The van der Waals surface area contributed by atoms with Gasteiger partial charge in [-0.2, -0.15) is 0 Å². The topological polar surface area (TPSA) is 72.4 Å². The Morgan fingerprint density at radius 1 is 1.53 bits per heavy atom. The molecular formula is C12H17N3O2. The van der Waals surface area contributed by atoms with Crippen LogP contribution in [0.1, 0.15) is 24.8 Å². The Kier molecular flexibility index (Phi) is 3.28. The number of nitro groups is 1. The Balaban J connectivity index is 2.13. The normalized spacial score (nSPS) is 15.9. The molecule has 92 valence electrons. The number of benzene rings is 1. The Labute approximate surface area is 100 Å². The van der Waals surface area contributed by atoms with Crippen LogP contribution in [-0.4, -0.2) is 22.9 Å². The zero-order valence-electron chi connectivity index (χ0n) is 9.93. The van der Waals surface area contributed by atoms with Gasteiger partial charge in [0.2, 0.25) is 0 Å². The van der Waals surface area contributed by atoms with Crippen molar-refractivity contribution in [3.63, 3.8) is 0 Å². The van der Waals surface area contributed by atoms with E-state index in [1.54, 1.807) is 12.1 Å². The minimum absolute atomic E-state index is 0.108. The van der Waals surface area contributed by atoms with Crippen molar-refractivity contribution < 1.29 is 4.92 Å². The van der Waals surface area contributed by atoms with E-state index >= 15 is 0 Å². The molecule has 1 saturated carbocycles. The number of nitro benzene ring substituents is 1. The molecule has 0 unspecified atom stereocenters. The van der Waals surface area contributed by atoms with E-state index < -0.39 is 0 Å². The summed E-state index contributed by atoms with van der Waals surface area (Å²) in [6, 6.07) is 5.24. The predicted molar refractivity (Wildman–Crippen MR) is 66.6 cm³/mol. The van der Waals surface area contributed by atoms with Crippen LogP contribution < -0.4 is 5.73 Å². The fourth-order valence-corrected chi connectivity index (χ4v) is 2.07. The van der Waals surface area contributed by atoms with Gasteiger partial charge in [0.25, 0.3) is 5.69 Å². The SMILES string of the molecule is CN(Cc1cc([N+](=O)[O-])ccc1N)C1CCC1. The van der Waals surface area contributed by atoms with Gasteiger partial charge in [0.1, 0.15) is 0 Å². The number of non-ortho nitro benzene ring substituents is 1. The standard InChI is InChI=1S/C12H17N3O2/c1-14(10-3-2-4-10)8-9-7-11(15(16)17)5-6-12(9)13/h5-7,10H,2-4,8,13H2,1H3. The van der Waals surface area contributed by atoms with Gasteiger partial charge in [-0.25, -0.2) is 0 Å². The van der Waals surface area contributed by atoms with E-state index in [-0.39, 0.29) is 10.6 Å². The summed E-state index contributed by atoms with van der Waals surface area (Å²) in [6.45, 7) is 0.679. The van der Waals surface area contributed by atoms with E-state index in [0.717, 1.165) is 5.56 Å². The largest absolute Gasteiger partial charge is 0.398 e. The maximum atomic E-state index is 10.7. The van der Waals surface area contributed by atoms with Crippen molar-refractivity contribution in [1.29, 1.82) is 0 Å². The van der Waals surface area contributed by atoms with Gasteiger partial charge in [-0.3, -0.25) is 15.0 Å². The molecule has 1 aromatic carbocycles. The van der Waals surface area contributed by atoms with E-state index in [1.165, 1.54) is 25.3 Å². The molecule has 0 spiro atoms. The van der Waals surface area contributed by atoms with Gasteiger partial charge < -0.3 is 5.73 Å². The summed E-state index contributed by atoms with van der Waals surface area (Å²) < 4.78 is 0. The fraction of sp³-hybridized carbons (Fsp3) is 0.500. The summed E-state index contributed by atoms with van der Waals surface area (Å²) in [7, 11) is 2.04. The second-order valence-electron chi connectivity index (χ2n) is 4.64. The van der Waals surface area contributed by atoms with Crippen molar-refractivity contribution in [1.82, 2.24) is 4.90 Å². The lowest BCUT2D eigenvalue weighted by Gasteiger charge is -2.34. The van der Waals surface area contributed by atoms with Crippen LogP contribution in [0.25, 0.3) is 0 Å². The van der Waals surface area contributed by atoms with Crippen molar-refractivity contribution in [3.05, 3.63) is 33.9 Å². The van der Waals surface area contributed by atoms with E-state index in [2.05, 4.69) is 4.90 Å². The van der Waals surface area contributed by atoms with Crippen LogP contribution >= 0.6 is 0 Å². The lowest BCUT2D eigenvalue weighted by atomic mass is 9.91. The van der Waals surface area contributed by atoms with Crippen LogP contribution in [0.15, 0.2) is 18.2 Å². The highest BCUT2D eigenvalue weighted by molar-refractivity contribution is 5.52. The molecule has 2 N–H and O–H groups in total. The molecule has 1 fully saturated rings. The van der Waals surface area contributed by atoms with Crippen molar-refractivity contribution in [3.8, 4) is 0 Å². The zero-order chi connectivity index (χ0) is 12.4. The van der Waals surface area contributed by atoms with Crippen LogP contribution in [0.3, 0.4) is 0 Å². The van der Waals surface area contributed by atoms with Gasteiger partial charge in [-0.1, -0.05) is 6.42 Å². The second-order valence-corrected chi connectivity index (χ2v) is 4.64. The fourth-order valence-electron chi connectivity index (χ4n) is 2.07. The van der Waals surface area contributed by atoms with Gasteiger partial charge >= 0.3 is 0 Å². The summed E-state index contributed by atoms with van der Waals surface area (Å²) in [5.41, 5.74) is 7.42. The summed E-state index contributed by atoms with van der Waals surface area (Å²) in [5.74, 6) is 0. The molecule has 0 bridgehead atoms. The molecule has 17 heavy (non-hydrogen) atoms. The average molecular weight is 235 g/mol. The molecule has 0 amide bonds. The van der Waals surface area contributed by atoms with Gasteiger partial charge in [-0.05, 0) is 31.5 Å². The molecule has 0 radical (unpaired) electrons. The summed E-state index contributed by atoms with van der Waals surface area (Å²) in [6.07, 6.45) is 3.70. The Bertz CT molecular complexity index is 430. The summed E-state index contributed by atoms with van der Waals surface area (Å²) in [5, 5.41) is 10.7. The molecule has 5 nitrogen and oxygen atoms in total.